The highest BCUT2D eigenvalue weighted by molar-refractivity contribution is 7.55. The first-order valence-corrected chi connectivity index (χ1v) is 12.7. The monoisotopic (exact) mass is 494 g/mol. The van der Waals surface area contributed by atoms with Crippen molar-refractivity contribution in [2.24, 2.45) is 5.73 Å². The molecule has 0 radical (unpaired) electrons. The summed E-state index contributed by atoms with van der Waals surface area (Å²) in [6.07, 6.45) is 7.25. The third kappa shape index (κ3) is 4.89. The molecule has 0 bridgehead atoms. The third-order valence-corrected chi connectivity index (χ3v) is 7.51. The van der Waals surface area contributed by atoms with Crippen LogP contribution in [0.1, 0.15) is 38.4 Å². The Morgan fingerprint density at radius 1 is 1.38 bits per heavy atom. The molecule has 0 spiro atoms. The van der Waals surface area contributed by atoms with Crippen molar-refractivity contribution in [2.45, 2.75) is 63.1 Å². The van der Waals surface area contributed by atoms with Crippen molar-refractivity contribution in [3.63, 3.8) is 0 Å². The smallest absolute Gasteiger partial charge is 0.366 e. The zero-order chi connectivity index (χ0) is 23.9. The van der Waals surface area contributed by atoms with Gasteiger partial charge in [-0.1, -0.05) is 12.1 Å². The maximum Gasteiger partial charge on any atom is 0.573 e. The highest BCUT2D eigenvalue weighted by Gasteiger charge is 2.59. The summed E-state index contributed by atoms with van der Waals surface area (Å²) in [4.78, 5) is 28.5. The first-order valence-electron chi connectivity index (χ1n) is 11.2. The number of allylic oxidation sites excluding steroid dienone is 1. The number of amides is 1. The predicted octanol–water partition coefficient (Wildman–Crippen LogP) is 2.08. The summed E-state index contributed by atoms with van der Waals surface area (Å²) in [6.45, 7) is 3.90. The van der Waals surface area contributed by atoms with E-state index >= 15 is 0 Å². The summed E-state index contributed by atoms with van der Waals surface area (Å²) in [7, 11) is -3.59. The number of nitrogens with zero attached hydrogens (tertiary/aromatic N) is 2. The van der Waals surface area contributed by atoms with Crippen LogP contribution < -0.4 is 5.73 Å². The van der Waals surface area contributed by atoms with Gasteiger partial charge in [-0.05, 0) is 26.3 Å². The Morgan fingerprint density at radius 2 is 2.21 bits per heavy atom. The van der Waals surface area contributed by atoms with Crippen LogP contribution in [0.25, 0.3) is 0 Å². The molecule has 1 aromatic rings. The number of rotatable bonds is 6. The van der Waals surface area contributed by atoms with Gasteiger partial charge >= 0.3 is 8.17 Å². The number of pyridine rings is 1. The Kier molecular flexibility index (Phi) is 6.47. The number of nitrogens with two attached hydrogens (primary N) is 1. The van der Waals surface area contributed by atoms with Gasteiger partial charge in [0.2, 0.25) is 5.91 Å². The van der Waals surface area contributed by atoms with E-state index in [0.29, 0.717) is 18.4 Å². The Labute approximate surface area is 198 Å². The molecule has 34 heavy (non-hydrogen) atoms. The summed E-state index contributed by atoms with van der Waals surface area (Å²) < 4.78 is 35.6. The Bertz CT molecular complexity index is 976. The van der Waals surface area contributed by atoms with Gasteiger partial charge in [0.1, 0.15) is 37.6 Å². The van der Waals surface area contributed by atoms with Gasteiger partial charge in [-0.3, -0.25) is 9.78 Å². The third-order valence-electron chi connectivity index (χ3n) is 6.01. The van der Waals surface area contributed by atoms with E-state index in [9.17, 15) is 9.69 Å². The fourth-order valence-corrected chi connectivity index (χ4v) is 5.90. The number of carbonyl (C=O) groups is 1. The van der Waals surface area contributed by atoms with Gasteiger partial charge in [0.25, 0.3) is 0 Å². The van der Waals surface area contributed by atoms with Crippen LogP contribution in [-0.4, -0.2) is 64.2 Å². The summed E-state index contributed by atoms with van der Waals surface area (Å²) in [5, 5.41) is 0. The second kappa shape index (κ2) is 9.25. The van der Waals surface area contributed by atoms with E-state index in [2.05, 4.69) is 4.98 Å². The van der Waals surface area contributed by atoms with Crippen LogP contribution in [-0.2, 0) is 32.6 Å². The lowest BCUT2D eigenvalue weighted by molar-refractivity contribution is -0.202. The number of carbonyl (C=O) groups excluding carboxylic acids is 1. The topological polar surface area (TPSA) is 135 Å². The molecular weight excluding hydrogens is 465 g/mol. The fourth-order valence-electron chi connectivity index (χ4n) is 4.48. The molecule has 3 fully saturated rings. The lowest BCUT2D eigenvalue weighted by Gasteiger charge is -2.31. The number of hydrogen-bond donors (Lipinski definition) is 2. The predicted molar refractivity (Wildman–Crippen MR) is 119 cm³/mol. The van der Waals surface area contributed by atoms with Crippen LogP contribution in [0.3, 0.4) is 0 Å². The van der Waals surface area contributed by atoms with Crippen molar-refractivity contribution >= 4 is 14.1 Å². The molecule has 0 aliphatic carbocycles. The number of hydrogen-bond acceptors (Lipinski definition) is 10. The van der Waals surface area contributed by atoms with Crippen molar-refractivity contribution in [1.29, 1.82) is 0 Å². The number of primary amides is 1. The molecule has 6 atom stereocenters. The molecule has 3 unspecified atom stereocenters. The number of ether oxygens (including phenoxy) is 3. The van der Waals surface area contributed by atoms with E-state index in [1.54, 1.807) is 23.5 Å². The fraction of sp³-hybridized carbons (Fsp3) is 0.545. The van der Waals surface area contributed by atoms with Gasteiger partial charge < -0.3 is 24.8 Å². The largest absolute Gasteiger partial charge is 0.573 e. The van der Waals surface area contributed by atoms with E-state index < -0.39 is 44.4 Å². The van der Waals surface area contributed by atoms with Crippen molar-refractivity contribution in [3.8, 4) is 0 Å². The van der Waals surface area contributed by atoms with Crippen molar-refractivity contribution in [1.82, 2.24) is 9.88 Å². The lowest BCUT2D eigenvalue weighted by atomic mass is 10.1. The van der Waals surface area contributed by atoms with E-state index in [4.69, 9.17) is 33.5 Å². The molecule has 0 saturated carbocycles. The second-order valence-electron chi connectivity index (χ2n) is 8.95. The minimum atomic E-state index is -3.59. The van der Waals surface area contributed by atoms with Crippen LogP contribution in [0.4, 0.5) is 0 Å². The SMILES string of the molecule is CC1(C)O[C@@H]2[C@H](O1)C(CO[P+]1(O)OCCC(c3cccnc3)O1)O[C@H]2N1C=CCC(C(N)=O)=C1. The van der Waals surface area contributed by atoms with Gasteiger partial charge in [-0.15, -0.1) is 4.52 Å². The molecule has 1 aromatic heterocycles. The average molecular weight is 494 g/mol. The van der Waals surface area contributed by atoms with E-state index in [-0.39, 0.29) is 19.3 Å². The molecular formula is C22H29N3O8P+. The zero-order valence-electron chi connectivity index (χ0n) is 19.0. The van der Waals surface area contributed by atoms with Crippen molar-refractivity contribution in [2.75, 3.05) is 13.2 Å². The Hall–Kier alpha value is -1.95. The summed E-state index contributed by atoms with van der Waals surface area (Å²) >= 11 is 0. The molecule has 4 aliphatic rings. The maximum absolute atomic E-state index is 11.7. The lowest BCUT2D eigenvalue weighted by Crippen LogP contribution is -2.40. The molecule has 3 N–H and O–H groups in total. The molecule has 11 nitrogen and oxygen atoms in total. The normalized spacial score (nSPS) is 36.9. The van der Waals surface area contributed by atoms with E-state index in [1.165, 1.54) is 0 Å². The highest BCUT2D eigenvalue weighted by atomic mass is 31.2. The van der Waals surface area contributed by atoms with Crippen LogP contribution >= 0.6 is 8.17 Å². The van der Waals surface area contributed by atoms with Crippen LogP contribution in [0.2, 0.25) is 0 Å². The Balaban J connectivity index is 1.28. The molecule has 184 valence electrons. The van der Waals surface area contributed by atoms with Gasteiger partial charge in [0, 0.05) is 42.4 Å². The molecule has 4 aliphatic heterocycles. The Morgan fingerprint density at radius 3 is 2.97 bits per heavy atom. The first kappa shape index (κ1) is 23.8. The average Bonchev–Trinajstić information content (AvgIpc) is 3.31. The standard InChI is InChI=1S/C22H28N3O8P/c1-22(2)31-18-17(30-21(19(18)32-22)25-9-4-6-15(12-25)20(23)26)13-29-34(27)28-10-7-16(33-34)14-5-3-8-24-11-14/h3-5,8-9,11-12,16-19,21,27H,6-7,10,13H2,1-2H3,(H-,23,26)/p+1/t16?,17?,18-,19-,21-,34?/m1/s1. The molecule has 3 saturated heterocycles. The molecule has 0 aromatic carbocycles. The zero-order valence-corrected chi connectivity index (χ0v) is 19.9. The van der Waals surface area contributed by atoms with Gasteiger partial charge in [0.05, 0.1) is 0 Å². The maximum atomic E-state index is 11.7. The van der Waals surface area contributed by atoms with Gasteiger partial charge in [-0.2, -0.15) is 13.9 Å². The quantitative estimate of drug-likeness (QED) is 0.566. The van der Waals surface area contributed by atoms with E-state index in [0.717, 1.165) is 5.56 Å². The van der Waals surface area contributed by atoms with Crippen molar-refractivity contribution < 1.29 is 37.5 Å². The molecule has 5 rings (SSSR count). The van der Waals surface area contributed by atoms with Crippen LogP contribution in [0.5, 0.6) is 0 Å². The summed E-state index contributed by atoms with van der Waals surface area (Å²) in [5.41, 5.74) is 6.77. The van der Waals surface area contributed by atoms with Crippen molar-refractivity contribution in [3.05, 3.63) is 54.1 Å². The first-order chi connectivity index (χ1) is 16.2. The van der Waals surface area contributed by atoms with Gasteiger partial charge in [0.15, 0.2) is 12.0 Å². The highest BCUT2D eigenvalue weighted by Crippen LogP contribution is 2.64. The van der Waals surface area contributed by atoms with Crippen LogP contribution in [0.15, 0.2) is 48.6 Å². The molecule has 12 heteroatoms. The summed E-state index contributed by atoms with van der Waals surface area (Å²) in [6, 6.07) is 3.69. The minimum Gasteiger partial charge on any atom is -0.366 e. The van der Waals surface area contributed by atoms with Gasteiger partial charge in [-0.25, -0.2) is 0 Å². The molecule has 5 heterocycles. The minimum absolute atomic E-state index is 0.0366. The number of fused-ring (bicyclic) bond motifs is 1. The van der Waals surface area contributed by atoms with E-state index in [1.807, 2.05) is 38.3 Å². The van der Waals surface area contributed by atoms with Crippen LogP contribution in [0, 0.1) is 0 Å². The molecule has 1 amide bonds. The second-order valence-corrected chi connectivity index (χ2v) is 10.6. The summed E-state index contributed by atoms with van der Waals surface area (Å²) in [5.74, 6) is -1.32. The number of aromatic nitrogens is 1.